The van der Waals surface area contributed by atoms with Gasteiger partial charge in [-0.3, -0.25) is 4.68 Å². The third kappa shape index (κ3) is 5.68. The third-order valence-corrected chi connectivity index (χ3v) is 5.49. The van der Waals surface area contributed by atoms with Crippen molar-refractivity contribution in [3.63, 3.8) is 0 Å². The van der Waals surface area contributed by atoms with Gasteiger partial charge in [-0.25, -0.2) is 28.7 Å². The van der Waals surface area contributed by atoms with Crippen molar-refractivity contribution < 1.29 is 31.8 Å². The first-order valence-electron chi connectivity index (χ1n) is 11.3. The predicted octanol–water partition coefficient (Wildman–Crippen LogP) is 5.31. The molecule has 0 bridgehead atoms. The summed E-state index contributed by atoms with van der Waals surface area (Å²) in [6.45, 7) is -0.371. The summed E-state index contributed by atoms with van der Waals surface area (Å²) in [5.41, 5.74) is 0.321. The minimum atomic E-state index is -4.66. The molecule has 5 rings (SSSR count). The molecule has 5 aromatic rings. The highest BCUT2D eigenvalue weighted by molar-refractivity contribution is 5.92. The fraction of sp³-hybridized carbons (Fsp3) is 0.160. The van der Waals surface area contributed by atoms with Crippen LogP contribution in [0.5, 0.6) is 11.5 Å². The van der Waals surface area contributed by atoms with Gasteiger partial charge in [0.2, 0.25) is 0 Å². The van der Waals surface area contributed by atoms with E-state index in [2.05, 4.69) is 35.1 Å². The molecule has 0 atom stereocenters. The molecular weight excluding hydrogens is 525 g/mol. The van der Waals surface area contributed by atoms with Crippen LogP contribution in [0, 0.1) is 18.6 Å². The van der Waals surface area contributed by atoms with Gasteiger partial charge in [0.1, 0.15) is 34.7 Å². The third-order valence-electron chi connectivity index (χ3n) is 5.49. The van der Waals surface area contributed by atoms with E-state index in [1.54, 1.807) is 37.3 Å². The standard InChI is InChI=1S/C25H18F5N7O2/c1-13-31-7-6-21(33-13)34-23-20(38)10-32-24(35-23)22-15-4-2-3-5-19(15)37(36-22)11-16-17(26)8-14(9-18(16)27)39-12-25(28,29)30/h2-10,38H,11-12H2,1H3,(H,31,32,33,34,35). The van der Waals surface area contributed by atoms with E-state index in [1.165, 1.54) is 17.1 Å². The molecule has 0 spiro atoms. The molecule has 39 heavy (non-hydrogen) atoms. The number of nitrogens with zero attached hydrogens (tertiary/aromatic N) is 6. The van der Waals surface area contributed by atoms with E-state index < -0.39 is 35.7 Å². The number of rotatable bonds is 7. The van der Waals surface area contributed by atoms with Gasteiger partial charge in [0.05, 0.1) is 18.3 Å². The quantitative estimate of drug-likeness (QED) is 0.266. The van der Waals surface area contributed by atoms with Gasteiger partial charge in [0.25, 0.3) is 0 Å². The topological polar surface area (TPSA) is 111 Å². The molecular formula is C25H18F5N7O2. The molecule has 0 fully saturated rings. The molecule has 0 saturated heterocycles. The number of ether oxygens (including phenoxy) is 1. The van der Waals surface area contributed by atoms with E-state index in [0.29, 0.717) is 34.7 Å². The van der Waals surface area contributed by atoms with E-state index in [0.717, 1.165) is 0 Å². The molecule has 2 N–H and O–H groups in total. The monoisotopic (exact) mass is 543 g/mol. The van der Waals surface area contributed by atoms with Crippen LogP contribution in [0.25, 0.3) is 22.4 Å². The van der Waals surface area contributed by atoms with Crippen molar-refractivity contribution in [1.29, 1.82) is 0 Å². The molecule has 0 amide bonds. The summed E-state index contributed by atoms with van der Waals surface area (Å²) < 4.78 is 72.6. The SMILES string of the molecule is Cc1nccc(Nc2nc(-c3nn(Cc4c(F)cc(OCC(F)(F)F)cc4F)c4ccccc34)ncc2O)n1. The lowest BCUT2D eigenvalue weighted by atomic mass is 10.1. The van der Waals surface area contributed by atoms with Crippen molar-refractivity contribution in [2.45, 2.75) is 19.6 Å². The molecule has 3 heterocycles. The molecule has 9 nitrogen and oxygen atoms in total. The largest absolute Gasteiger partial charge is 0.503 e. The maximum Gasteiger partial charge on any atom is 0.422 e. The molecule has 0 saturated carbocycles. The lowest BCUT2D eigenvalue weighted by Gasteiger charge is -2.12. The van der Waals surface area contributed by atoms with E-state index in [-0.39, 0.29) is 29.6 Å². The Morgan fingerprint density at radius 1 is 1.03 bits per heavy atom. The fourth-order valence-electron chi connectivity index (χ4n) is 3.77. The number of fused-ring (bicyclic) bond motifs is 1. The van der Waals surface area contributed by atoms with Crippen molar-refractivity contribution in [2.24, 2.45) is 0 Å². The first-order valence-corrected chi connectivity index (χ1v) is 11.3. The van der Waals surface area contributed by atoms with Crippen LogP contribution in [0.2, 0.25) is 0 Å². The molecule has 2 aromatic carbocycles. The second-order valence-electron chi connectivity index (χ2n) is 8.33. The minimum Gasteiger partial charge on any atom is -0.503 e. The number of nitrogens with one attached hydrogen (secondary N) is 1. The number of para-hydroxylation sites is 1. The van der Waals surface area contributed by atoms with Crippen LogP contribution in [-0.2, 0) is 6.54 Å². The second kappa shape index (κ2) is 10.1. The van der Waals surface area contributed by atoms with Crippen molar-refractivity contribution in [2.75, 3.05) is 11.9 Å². The van der Waals surface area contributed by atoms with Crippen LogP contribution in [0.1, 0.15) is 11.4 Å². The summed E-state index contributed by atoms with van der Waals surface area (Å²) in [5, 5.41) is 18.2. The molecule has 0 aliphatic rings. The van der Waals surface area contributed by atoms with Gasteiger partial charge in [0, 0.05) is 29.3 Å². The molecule has 0 aliphatic heterocycles. The lowest BCUT2D eigenvalue weighted by molar-refractivity contribution is -0.153. The number of alkyl halides is 3. The molecule has 0 unspecified atom stereocenters. The van der Waals surface area contributed by atoms with Crippen molar-refractivity contribution in [1.82, 2.24) is 29.7 Å². The first-order chi connectivity index (χ1) is 18.6. The second-order valence-corrected chi connectivity index (χ2v) is 8.33. The van der Waals surface area contributed by atoms with Crippen LogP contribution in [-0.4, -0.2) is 47.6 Å². The van der Waals surface area contributed by atoms with Gasteiger partial charge in [-0.1, -0.05) is 18.2 Å². The average Bonchev–Trinajstić information content (AvgIpc) is 3.24. The summed E-state index contributed by atoms with van der Waals surface area (Å²) in [6, 6.07) is 9.78. The Morgan fingerprint density at radius 2 is 1.77 bits per heavy atom. The van der Waals surface area contributed by atoms with E-state index in [1.807, 2.05) is 0 Å². The van der Waals surface area contributed by atoms with Gasteiger partial charge >= 0.3 is 6.18 Å². The summed E-state index contributed by atoms with van der Waals surface area (Å²) in [4.78, 5) is 16.7. The Balaban J connectivity index is 1.49. The number of aryl methyl sites for hydroxylation is 1. The first kappa shape index (κ1) is 25.8. The van der Waals surface area contributed by atoms with Gasteiger partial charge in [-0.05, 0) is 19.1 Å². The number of anilines is 2. The number of benzene rings is 2. The average molecular weight is 543 g/mol. The van der Waals surface area contributed by atoms with Gasteiger partial charge in [-0.2, -0.15) is 18.3 Å². The Hall–Kier alpha value is -4.88. The number of halogens is 5. The highest BCUT2D eigenvalue weighted by Gasteiger charge is 2.29. The highest BCUT2D eigenvalue weighted by Crippen LogP contribution is 2.31. The number of hydrogen-bond donors (Lipinski definition) is 2. The van der Waals surface area contributed by atoms with E-state index >= 15 is 0 Å². The summed E-state index contributed by atoms with van der Waals surface area (Å²) >= 11 is 0. The Labute approximate surface area is 217 Å². The normalized spacial score (nSPS) is 11.6. The van der Waals surface area contributed by atoms with Crippen molar-refractivity contribution >= 4 is 22.5 Å². The zero-order valence-corrected chi connectivity index (χ0v) is 20.0. The number of hydrogen-bond acceptors (Lipinski definition) is 8. The van der Waals surface area contributed by atoms with Crippen molar-refractivity contribution in [3.8, 4) is 23.0 Å². The van der Waals surface area contributed by atoms with Crippen LogP contribution >= 0.6 is 0 Å². The zero-order chi connectivity index (χ0) is 27.7. The van der Waals surface area contributed by atoms with Gasteiger partial charge < -0.3 is 15.2 Å². The van der Waals surface area contributed by atoms with Gasteiger partial charge in [-0.15, -0.1) is 0 Å². The Kier molecular flexibility index (Phi) is 6.68. The molecule has 14 heteroatoms. The van der Waals surface area contributed by atoms with E-state index in [4.69, 9.17) is 0 Å². The summed E-state index contributed by atoms with van der Waals surface area (Å²) in [5.74, 6) is -2.01. The predicted molar refractivity (Wildman–Crippen MR) is 129 cm³/mol. The summed E-state index contributed by atoms with van der Waals surface area (Å²) in [7, 11) is 0. The van der Waals surface area contributed by atoms with Crippen LogP contribution in [0.4, 0.5) is 33.6 Å². The Bertz CT molecular complexity index is 1650. The fourth-order valence-corrected chi connectivity index (χ4v) is 3.77. The lowest BCUT2D eigenvalue weighted by Crippen LogP contribution is -2.19. The molecule has 0 radical (unpaired) electrons. The number of aromatic hydroxyl groups is 1. The summed E-state index contributed by atoms with van der Waals surface area (Å²) in [6.07, 6.45) is -1.95. The number of aromatic nitrogens is 6. The highest BCUT2D eigenvalue weighted by atomic mass is 19.4. The smallest absolute Gasteiger partial charge is 0.422 e. The van der Waals surface area contributed by atoms with Crippen LogP contribution in [0.15, 0.2) is 54.9 Å². The minimum absolute atomic E-state index is 0.0447. The maximum atomic E-state index is 14.8. The van der Waals surface area contributed by atoms with Crippen molar-refractivity contribution in [3.05, 3.63) is 77.9 Å². The molecule has 0 aliphatic carbocycles. The van der Waals surface area contributed by atoms with E-state index in [9.17, 15) is 27.1 Å². The maximum absolute atomic E-state index is 14.8. The van der Waals surface area contributed by atoms with Gasteiger partial charge in [0.15, 0.2) is 24.0 Å². The molecule has 200 valence electrons. The molecule has 3 aromatic heterocycles. The Morgan fingerprint density at radius 3 is 2.49 bits per heavy atom. The van der Waals surface area contributed by atoms with Crippen LogP contribution in [0.3, 0.4) is 0 Å². The van der Waals surface area contributed by atoms with Crippen LogP contribution < -0.4 is 10.1 Å². The zero-order valence-electron chi connectivity index (χ0n) is 20.0.